The van der Waals surface area contributed by atoms with Crippen molar-refractivity contribution in [1.82, 2.24) is 0 Å². The molecule has 1 saturated heterocycles. The van der Waals surface area contributed by atoms with Crippen molar-refractivity contribution >= 4 is 11.6 Å². The third kappa shape index (κ3) is 5.05. The molecule has 1 amide bonds. The van der Waals surface area contributed by atoms with Crippen molar-refractivity contribution in [2.75, 3.05) is 25.0 Å². The van der Waals surface area contributed by atoms with Gasteiger partial charge in [0, 0.05) is 0 Å². The lowest BCUT2D eigenvalue weighted by molar-refractivity contribution is -0.907. The Morgan fingerprint density at radius 2 is 1.72 bits per heavy atom. The van der Waals surface area contributed by atoms with Gasteiger partial charge in [0.05, 0.1) is 5.69 Å². The van der Waals surface area contributed by atoms with Gasteiger partial charge in [0.2, 0.25) is 0 Å². The zero-order valence-electron chi connectivity index (χ0n) is 14.7. The molecule has 5 heteroatoms. The number of anilines is 1. The Hall–Kier alpha value is -2.37. The van der Waals surface area contributed by atoms with Gasteiger partial charge in [-0.1, -0.05) is 30.3 Å². The predicted molar refractivity (Wildman–Crippen MR) is 97.2 cm³/mol. The number of benzene rings is 2. The van der Waals surface area contributed by atoms with Crippen molar-refractivity contribution in [2.24, 2.45) is 0 Å². The van der Waals surface area contributed by atoms with E-state index in [1.807, 2.05) is 54.6 Å². The highest BCUT2D eigenvalue weighted by Crippen LogP contribution is 2.28. The van der Waals surface area contributed by atoms with E-state index >= 15 is 0 Å². The number of rotatable bonds is 5. The molecule has 2 aromatic carbocycles. The minimum Gasteiger partial charge on any atom is -0.455 e. The molecule has 25 heavy (non-hydrogen) atoms. The van der Waals surface area contributed by atoms with Gasteiger partial charge >= 0.3 is 0 Å². The first kappa shape index (κ1) is 17.5. The molecule has 0 bridgehead atoms. The number of amides is 1. The Bertz CT molecular complexity index is 695. The van der Waals surface area contributed by atoms with Crippen molar-refractivity contribution < 1.29 is 19.2 Å². The zero-order valence-corrected chi connectivity index (χ0v) is 14.7. The summed E-state index contributed by atoms with van der Waals surface area (Å²) in [6.07, 6.45) is 0.362. The summed E-state index contributed by atoms with van der Waals surface area (Å²) >= 11 is 0. The second-order valence-electron chi connectivity index (χ2n) is 6.55. The van der Waals surface area contributed by atoms with Crippen LogP contribution in [0.1, 0.15) is 13.8 Å². The summed E-state index contributed by atoms with van der Waals surface area (Å²) in [7, 11) is 0. The lowest BCUT2D eigenvalue weighted by Crippen LogP contribution is -3.16. The number of carbonyl (C=O) groups excluding carboxylic acids is 1. The summed E-state index contributed by atoms with van der Waals surface area (Å²) in [5.41, 5.74) is 0.685. The number of nitrogens with one attached hydrogen (secondary N) is 2. The summed E-state index contributed by atoms with van der Waals surface area (Å²) in [5.74, 6) is 1.37. The number of ether oxygens (including phenoxy) is 2. The summed E-state index contributed by atoms with van der Waals surface area (Å²) in [6, 6.07) is 17.0. The van der Waals surface area contributed by atoms with Gasteiger partial charge in [0.1, 0.15) is 31.0 Å². The molecule has 1 aliphatic heterocycles. The van der Waals surface area contributed by atoms with E-state index in [-0.39, 0.29) is 18.1 Å². The normalized spacial score (nSPS) is 23.0. The molecule has 0 saturated carbocycles. The largest absolute Gasteiger partial charge is 0.455 e. The van der Waals surface area contributed by atoms with Crippen molar-refractivity contribution in [2.45, 2.75) is 26.1 Å². The third-order valence-electron chi connectivity index (χ3n) is 4.16. The lowest BCUT2D eigenvalue weighted by atomic mass is 10.2. The van der Waals surface area contributed by atoms with Crippen LogP contribution < -0.4 is 15.0 Å². The molecule has 0 radical (unpaired) electrons. The molecule has 2 unspecified atom stereocenters. The molecule has 2 atom stereocenters. The number of quaternary nitrogens is 1. The first-order valence-corrected chi connectivity index (χ1v) is 8.71. The zero-order chi connectivity index (χ0) is 17.6. The van der Waals surface area contributed by atoms with Crippen molar-refractivity contribution in [3.8, 4) is 11.5 Å². The number of hydrogen-bond acceptors (Lipinski definition) is 3. The van der Waals surface area contributed by atoms with E-state index in [2.05, 4.69) is 19.2 Å². The fourth-order valence-corrected chi connectivity index (χ4v) is 3.23. The topological polar surface area (TPSA) is 52.0 Å². The van der Waals surface area contributed by atoms with Crippen molar-refractivity contribution in [3.05, 3.63) is 54.6 Å². The molecule has 1 aliphatic rings. The minimum absolute atomic E-state index is 0.0135. The molecule has 132 valence electrons. The molecule has 2 N–H and O–H groups in total. The van der Waals surface area contributed by atoms with E-state index < -0.39 is 0 Å². The molecular formula is C20H25N2O3+. The summed E-state index contributed by atoms with van der Waals surface area (Å²) in [5, 5.41) is 2.98. The van der Waals surface area contributed by atoms with Gasteiger partial charge in [0.25, 0.3) is 5.91 Å². The molecule has 1 fully saturated rings. The molecule has 0 aliphatic carbocycles. The van der Waals surface area contributed by atoms with Crippen LogP contribution in [-0.4, -0.2) is 37.7 Å². The fraction of sp³-hybridized carbons (Fsp3) is 0.350. The second-order valence-corrected chi connectivity index (χ2v) is 6.55. The average molecular weight is 341 g/mol. The predicted octanol–water partition coefficient (Wildman–Crippen LogP) is 2.11. The summed E-state index contributed by atoms with van der Waals surface area (Å²) < 4.78 is 11.6. The van der Waals surface area contributed by atoms with Crippen LogP contribution in [0.5, 0.6) is 11.5 Å². The van der Waals surface area contributed by atoms with E-state index in [4.69, 9.17) is 9.47 Å². The lowest BCUT2D eigenvalue weighted by Gasteiger charge is -2.31. The maximum absolute atomic E-state index is 12.5. The number of para-hydroxylation sites is 3. The van der Waals surface area contributed by atoms with Gasteiger partial charge in [0.15, 0.2) is 12.3 Å². The van der Waals surface area contributed by atoms with Crippen molar-refractivity contribution in [1.29, 1.82) is 0 Å². The highest BCUT2D eigenvalue weighted by molar-refractivity contribution is 5.93. The highest BCUT2D eigenvalue weighted by atomic mass is 16.5. The fourth-order valence-electron chi connectivity index (χ4n) is 3.23. The SMILES string of the molecule is CC1C[NH+](CC(=O)Nc2ccccc2Oc2ccccc2)CC(C)O1. The molecule has 0 aromatic heterocycles. The Balaban J connectivity index is 1.63. The van der Waals surface area contributed by atoms with Gasteiger partial charge in [-0.2, -0.15) is 0 Å². The van der Waals surface area contributed by atoms with Gasteiger partial charge in [-0.3, -0.25) is 4.79 Å². The Kier molecular flexibility index (Phi) is 5.68. The highest BCUT2D eigenvalue weighted by Gasteiger charge is 2.27. The van der Waals surface area contributed by atoms with Crippen LogP contribution in [0.3, 0.4) is 0 Å². The second kappa shape index (κ2) is 8.14. The molecular weight excluding hydrogens is 316 g/mol. The number of carbonyl (C=O) groups is 1. The van der Waals surface area contributed by atoms with Gasteiger partial charge in [-0.25, -0.2) is 0 Å². The van der Waals surface area contributed by atoms with E-state index in [9.17, 15) is 4.79 Å². The van der Waals surface area contributed by atoms with E-state index in [1.165, 1.54) is 4.90 Å². The Labute approximate surface area is 148 Å². The quantitative estimate of drug-likeness (QED) is 0.876. The average Bonchev–Trinajstić information content (AvgIpc) is 2.56. The maximum atomic E-state index is 12.5. The van der Waals surface area contributed by atoms with Crippen LogP contribution in [-0.2, 0) is 9.53 Å². The van der Waals surface area contributed by atoms with Crippen LogP contribution in [0.25, 0.3) is 0 Å². The Morgan fingerprint density at radius 1 is 1.08 bits per heavy atom. The van der Waals surface area contributed by atoms with Gasteiger partial charge in [-0.05, 0) is 38.1 Å². The van der Waals surface area contributed by atoms with E-state index in [0.29, 0.717) is 18.0 Å². The molecule has 0 spiro atoms. The van der Waals surface area contributed by atoms with Crippen LogP contribution in [0, 0.1) is 0 Å². The summed E-state index contributed by atoms with van der Waals surface area (Å²) in [6.45, 7) is 6.23. The molecule has 5 nitrogen and oxygen atoms in total. The molecule has 1 heterocycles. The smallest absolute Gasteiger partial charge is 0.279 e. The maximum Gasteiger partial charge on any atom is 0.279 e. The van der Waals surface area contributed by atoms with Gasteiger partial charge in [-0.15, -0.1) is 0 Å². The van der Waals surface area contributed by atoms with Gasteiger partial charge < -0.3 is 19.7 Å². The minimum atomic E-state index is -0.0135. The van der Waals surface area contributed by atoms with Crippen LogP contribution in [0.2, 0.25) is 0 Å². The van der Waals surface area contributed by atoms with E-state index in [0.717, 1.165) is 18.8 Å². The van der Waals surface area contributed by atoms with Crippen LogP contribution in [0.15, 0.2) is 54.6 Å². The molecule has 2 aromatic rings. The van der Waals surface area contributed by atoms with Crippen molar-refractivity contribution in [3.63, 3.8) is 0 Å². The monoisotopic (exact) mass is 341 g/mol. The van der Waals surface area contributed by atoms with Crippen LogP contribution in [0.4, 0.5) is 5.69 Å². The number of hydrogen-bond donors (Lipinski definition) is 2. The molecule has 3 rings (SSSR count). The summed E-state index contributed by atoms with van der Waals surface area (Å²) in [4.78, 5) is 13.7. The number of morpholine rings is 1. The Morgan fingerprint density at radius 3 is 2.44 bits per heavy atom. The first-order chi connectivity index (χ1) is 12.1. The first-order valence-electron chi connectivity index (χ1n) is 8.71. The standard InChI is InChI=1S/C20H24N2O3/c1-15-12-22(13-16(2)24-15)14-20(23)21-18-10-6-7-11-19(18)25-17-8-4-3-5-9-17/h3-11,15-16H,12-14H2,1-2H3,(H,21,23)/p+1. The van der Waals surface area contributed by atoms with E-state index in [1.54, 1.807) is 0 Å². The van der Waals surface area contributed by atoms with Crippen LogP contribution >= 0.6 is 0 Å². The third-order valence-corrected chi connectivity index (χ3v) is 4.16.